The van der Waals surface area contributed by atoms with Crippen molar-refractivity contribution in [3.63, 3.8) is 0 Å². The summed E-state index contributed by atoms with van der Waals surface area (Å²) in [6, 6.07) is 0.0727. The van der Waals surface area contributed by atoms with E-state index >= 15 is 0 Å². The van der Waals surface area contributed by atoms with Crippen molar-refractivity contribution in [2.75, 3.05) is 20.3 Å². The number of hydrogen-bond donors (Lipinski definition) is 2. The zero-order chi connectivity index (χ0) is 12.9. The molecule has 0 bridgehead atoms. The van der Waals surface area contributed by atoms with Gasteiger partial charge in [-0.05, 0) is 38.0 Å². The Bertz CT molecular complexity index is 221. The van der Waals surface area contributed by atoms with Gasteiger partial charge in [0.25, 0.3) is 0 Å². The number of hydrazine groups is 1. The van der Waals surface area contributed by atoms with Crippen LogP contribution in [0.4, 0.5) is 0 Å². The second-order valence-electron chi connectivity index (χ2n) is 5.81. The Kier molecular flexibility index (Phi) is 5.38. The van der Waals surface area contributed by atoms with E-state index in [1.165, 1.54) is 12.8 Å². The first-order valence-electron chi connectivity index (χ1n) is 6.59. The Balaban J connectivity index is 2.67. The van der Waals surface area contributed by atoms with Gasteiger partial charge in [0.1, 0.15) is 0 Å². The van der Waals surface area contributed by atoms with E-state index in [-0.39, 0.29) is 11.6 Å². The van der Waals surface area contributed by atoms with E-state index in [4.69, 9.17) is 15.3 Å². The molecule has 1 aliphatic carbocycles. The van der Waals surface area contributed by atoms with Gasteiger partial charge in [-0.2, -0.15) is 0 Å². The highest BCUT2D eigenvalue weighted by Gasteiger charge is 2.44. The lowest BCUT2D eigenvalue weighted by Crippen LogP contribution is -2.58. The molecule has 1 atom stereocenters. The molecule has 0 aromatic carbocycles. The Hall–Kier alpha value is -0.160. The Labute approximate surface area is 105 Å². The van der Waals surface area contributed by atoms with Gasteiger partial charge >= 0.3 is 0 Å². The summed E-state index contributed by atoms with van der Waals surface area (Å²) in [6.07, 6.45) is 4.42. The highest BCUT2D eigenvalue weighted by Crippen LogP contribution is 2.43. The third-order valence-electron chi connectivity index (χ3n) is 4.18. The smallest absolute Gasteiger partial charge is 0.0867 e. The molecule has 1 rings (SSSR count). The maximum Gasteiger partial charge on any atom is 0.0867 e. The monoisotopic (exact) mass is 244 g/mol. The van der Waals surface area contributed by atoms with E-state index in [0.717, 1.165) is 12.8 Å². The first-order chi connectivity index (χ1) is 7.99. The van der Waals surface area contributed by atoms with Crippen LogP contribution >= 0.6 is 0 Å². The van der Waals surface area contributed by atoms with Crippen molar-refractivity contribution < 1.29 is 9.47 Å². The Morgan fingerprint density at radius 3 is 2.24 bits per heavy atom. The van der Waals surface area contributed by atoms with Gasteiger partial charge in [0, 0.05) is 13.7 Å². The van der Waals surface area contributed by atoms with Crippen LogP contribution in [-0.4, -0.2) is 32.0 Å². The minimum Gasteiger partial charge on any atom is -0.380 e. The molecule has 0 aliphatic heterocycles. The first-order valence-corrected chi connectivity index (χ1v) is 6.59. The van der Waals surface area contributed by atoms with Crippen molar-refractivity contribution in [3.8, 4) is 0 Å². The van der Waals surface area contributed by atoms with Gasteiger partial charge < -0.3 is 9.47 Å². The number of rotatable bonds is 6. The van der Waals surface area contributed by atoms with Crippen LogP contribution in [0, 0.1) is 5.41 Å². The van der Waals surface area contributed by atoms with Crippen LogP contribution in [-0.2, 0) is 9.47 Å². The molecular formula is C13H28N2O2. The van der Waals surface area contributed by atoms with Crippen molar-refractivity contribution in [1.29, 1.82) is 0 Å². The van der Waals surface area contributed by atoms with E-state index in [2.05, 4.69) is 19.3 Å². The van der Waals surface area contributed by atoms with Crippen molar-refractivity contribution in [3.05, 3.63) is 0 Å². The largest absolute Gasteiger partial charge is 0.380 e. The molecule has 102 valence electrons. The Morgan fingerprint density at radius 2 is 1.82 bits per heavy atom. The number of ether oxygens (including phenoxy) is 2. The van der Waals surface area contributed by atoms with E-state index in [1.807, 2.05) is 6.92 Å². The molecular weight excluding hydrogens is 216 g/mol. The zero-order valence-corrected chi connectivity index (χ0v) is 11.7. The first kappa shape index (κ1) is 14.9. The molecule has 1 unspecified atom stereocenters. The predicted molar refractivity (Wildman–Crippen MR) is 69.6 cm³/mol. The van der Waals surface area contributed by atoms with Gasteiger partial charge in [0.15, 0.2) is 0 Å². The van der Waals surface area contributed by atoms with Crippen molar-refractivity contribution in [2.45, 2.75) is 58.1 Å². The third kappa shape index (κ3) is 3.65. The number of nitrogens with one attached hydrogen (secondary N) is 1. The van der Waals surface area contributed by atoms with Crippen LogP contribution in [0.5, 0.6) is 0 Å². The lowest BCUT2D eigenvalue weighted by Gasteiger charge is -2.46. The molecule has 3 N–H and O–H groups in total. The molecule has 0 aromatic rings. The van der Waals surface area contributed by atoms with Crippen LogP contribution in [0.15, 0.2) is 0 Å². The van der Waals surface area contributed by atoms with E-state index in [9.17, 15) is 0 Å². The van der Waals surface area contributed by atoms with E-state index in [0.29, 0.717) is 18.6 Å². The average Bonchev–Trinajstić information content (AvgIpc) is 2.32. The fourth-order valence-corrected chi connectivity index (χ4v) is 2.63. The summed E-state index contributed by atoms with van der Waals surface area (Å²) in [6.45, 7) is 7.96. The van der Waals surface area contributed by atoms with Gasteiger partial charge in [-0.1, -0.05) is 13.8 Å². The fourth-order valence-electron chi connectivity index (χ4n) is 2.63. The number of nitrogens with two attached hydrogens (primary N) is 1. The molecule has 0 aromatic heterocycles. The molecule has 0 amide bonds. The SMILES string of the molecule is CCOCC(NN)C1(OC)CCC(C)(C)CC1. The topological polar surface area (TPSA) is 56.5 Å². The minimum absolute atomic E-state index is 0.0727. The summed E-state index contributed by atoms with van der Waals surface area (Å²) in [5.41, 5.74) is 3.13. The van der Waals surface area contributed by atoms with Crippen LogP contribution < -0.4 is 11.3 Å². The average molecular weight is 244 g/mol. The number of hydrogen-bond acceptors (Lipinski definition) is 4. The van der Waals surface area contributed by atoms with Gasteiger partial charge in [0.2, 0.25) is 0 Å². The van der Waals surface area contributed by atoms with Crippen molar-refractivity contribution in [1.82, 2.24) is 5.43 Å². The van der Waals surface area contributed by atoms with Gasteiger partial charge in [0.05, 0.1) is 18.2 Å². The maximum atomic E-state index is 5.80. The summed E-state index contributed by atoms with van der Waals surface area (Å²) in [7, 11) is 1.79. The summed E-state index contributed by atoms with van der Waals surface area (Å²) < 4.78 is 11.3. The second-order valence-corrected chi connectivity index (χ2v) is 5.81. The van der Waals surface area contributed by atoms with Gasteiger partial charge in [-0.25, -0.2) is 0 Å². The number of methoxy groups -OCH3 is 1. The zero-order valence-electron chi connectivity index (χ0n) is 11.7. The van der Waals surface area contributed by atoms with Crippen LogP contribution in [0.25, 0.3) is 0 Å². The summed E-state index contributed by atoms with van der Waals surface area (Å²) in [5.74, 6) is 5.66. The van der Waals surface area contributed by atoms with Gasteiger partial charge in [-0.15, -0.1) is 0 Å². The molecule has 1 aliphatic rings. The van der Waals surface area contributed by atoms with Crippen LogP contribution in [0.3, 0.4) is 0 Å². The second kappa shape index (κ2) is 6.14. The maximum absolute atomic E-state index is 5.80. The molecule has 0 radical (unpaired) electrons. The summed E-state index contributed by atoms with van der Waals surface area (Å²) in [4.78, 5) is 0. The van der Waals surface area contributed by atoms with E-state index < -0.39 is 0 Å². The van der Waals surface area contributed by atoms with Crippen LogP contribution in [0.1, 0.15) is 46.5 Å². The molecule has 17 heavy (non-hydrogen) atoms. The highest BCUT2D eigenvalue weighted by atomic mass is 16.5. The normalized spacial score (nSPS) is 24.5. The molecule has 0 saturated heterocycles. The Morgan fingerprint density at radius 1 is 1.24 bits per heavy atom. The van der Waals surface area contributed by atoms with E-state index in [1.54, 1.807) is 7.11 Å². The van der Waals surface area contributed by atoms with Crippen molar-refractivity contribution in [2.24, 2.45) is 11.3 Å². The highest BCUT2D eigenvalue weighted by molar-refractivity contribution is 4.98. The molecule has 4 heteroatoms. The summed E-state index contributed by atoms with van der Waals surface area (Å²) >= 11 is 0. The minimum atomic E-state index is -0.167. The fraction of sp³-hybridized carbons (Fsp3) is 1.00. The quantitative estimate of drug-likeness (QED) is 0.553. The van der Waals surface area contributed by atoms with Crippen LogP contribution in [0.2, 0.25) is 0 Å². The van der Waals surface area contributed by atoms with Crippen molar-refractivity contribution >= 4 is 0 Å². The lowest BCUT2D eigenvalue weighted by molar-refractivity contribution is -0.101. The predicted octanol–water partition coefficient (Wildman–Crippen LogP) is 1.84. The molecule has 4 nitrogen and oxygen atoms in total. The molecule has 0 heterocycles. The molecule has 1 fully saturated rings. The summed E-state index contributed by atoms with van der Waals surface area (Å²) in [5, 5.41) is 0. The standard InChI is InChI=1S/C13H28N2O2/c1-5-17-10-11(15-14)13(16-4)8-6-12(2,3)7-9-13/h11,15H,5-10,14H2,1-4H3. The molecule has 1 saturated carbocycles. The third-order valence-corrected chi connectivity index (χ3v) is 4.18. The lowest BCUT2D eigenvalue weighted by atomic mass is 9.68. The molecule has 0 spiro atoms. The van der Waals surface area contributed by atoms with Gasteiger partial charge in [-0.3, -0.25) is 11.3 Å².